The smallest absolute Gasteiger partial charge is 0.271 e. The molecule has 4 nitrogen and oxygen atoms in total. The zero-order valence-corrected chi connectivity index (χ0v) is 14.3. The van der Waals surface area contributed by atoms with Crippen LogP contribution in [0.5, 0.6) is 5.75 Å². The molecule has 0 heterocycles. The topological polar surface area (TPSA) is 61.7 Å². The number of carbonyl (C=O) groups excluding carboxylic acids is 1. The van der Waals surface area contributed by atoms with E-state index in [2.05, 4.69) is 42.4 Å². The van der Waals surface area contributed by atoms with Crippen LogP contribution in [-0.4, -0.2) is 17.2 Å². The number of hydrogen-bond acceptors (Lipinski definition) is 3. The number of amides is 1. The van der Waals surface area contributed by atoms with Crippen LogP contribution in [0.15, 0.2) is 50.4 Å². The Bertz CT molecular complexity index is 715. The number of phenols is 1. The molecular weight excluding hydrogens is 400 g/mol. The average Bonchev–Trinajstić information content (AvgIpc) is 2.44. The van der Waals surface area contributed by atoms with E-state index in [9.17, 15) is 9.90 Å². The Morgan fingerprint density at radius 2 is 1.95 bits per heavy atom. The summed E-state index contributed by atoms with van der Waals surface area (Å²) in [6, 6.07) is 10.4. The number of aryl methyl sites for hydroxylation is 1. The molecule has 21 heavy (non-hydrogen) atoms. The molecule has 0 fully saturated rings. The Labute approximate surface area is 139 Å². The normalized spacial score (nSPS) is 10.8. The van der Waals surface area contributed by atoms with Crippen molar-refractivity contribution >= 4 is 44.0 Å². The van der Waals surface area contributed by atoms with Crippen LogP contribution >= 0.6 is 31.9 Å². The standard InChI is InChI=1S/C15H12Br2N2O2/c1-9-2-3-11(14(20)6-9)8-18-19-15(21)10-4-5-12(16)13(17)7-10/h2-8,20H,1H3,(H,19,21)/b18-8+. The van der Waals surface area contributed by atoms with E-state index in [1.165, 1.54) is 6.21 Å². The summed E-state index contributed by atoms with van der Waals surface area (Å²) in [6.07, 6.45) is 1.40. The second-order valence-electron chi connectivity index (χ2n) is 4.39. The van der Waals surface area contributed by atoms with Gasteiger partial charge in [-0.1, -0.05) is 6.07 Å². The molecule has 0 saturated carbocycles. The Morgan fingerprint density at radius 1 is 1.19 bits per heavy atom. The number of phenolic OH excluding ortho intramolecular Hbond substituents is 1. The molecule has 0 aliphatic rings. The number of halogens is 2. The van der Waals surface area contributed by atoms with E-state index < -0.39 is 0 Å². The van der Waals surface area contributed by atoms with Gasteiger partial charge in [0.1, 0.15) is 5.75 Å². The van der Waals surface area contributed by atoms with Gasteiger partial charge in [0, 0.05) is 20.1 Å². The van der Waals surface area contributed by atoms with Gasteiger partial charge < -0.3 is 5.11 Å². The fourth-order valence-corrected chi connectivity index (χ4v) is 2.25. The van der Waals surface area contributed by atoms with Crippen molar-refractivity contribution in [3.63, 3.8) is 0 Å². The molecule has 0 saturated heterocycles. The number of nitrogens with zero attached hydrogens (tertiary/aromatic N) is 1. The third kappa shape index (κ3) is 4.15. The number of carbonyl (C=O) groups is 1. The molecule has 2 N–H and O–H groups in total. The Kier molecular flexibility index (Phi) is 5.14. The van der Waals surface area contributed by atoms with Crippen molar-refractivity contribution in [1.29, 1.82) is 0 Å². The van der Waals surface area contributed by atoms with Crippen LogP contribution in [0.1, 0.15) is 21.5 Å². The summed E-state index contributed by atoms with van der Waals surface area (Å²) in [4.78, 5) is 11.9. The Hall–Kier alpha value is -1.66. The highest BCUT2D eigenvalue weighted by Gasteiger charge is 2.06. The van der Waals surface area contributed by atoms with E-state index in [4.69, 9.17) is 0 Å². The van der Waals surface area contributed by atoms with Gasteiger partial charge in [0.05, 0.1) is 6.21 Å². The SMILES string of the molecule is Cc1ccc(/C=N/NC(=O)c2ccc(Br)c(Br)c2)c(O)c1. The number of nitrogens with one attached hydrogen (secondary N) is 1. The second-order valence-corrected chi connectivity index (χ2v) is 6.10. The first-order chi connectivity index (χ1) is 9.97. The van der Waals surface area contributed by atoms with Crippen molar-refractivity contribution in [2.24, 2.45) is 5.10 Å². The summed E-state index contributed by atoms with van der Waals surface area (Å²) in [5, 5.41) is 13.6. The quantitative estimate of drug-likeness (QED) is 0.592. The Balaban J connectivity index is 2.06. The molecule has 0 spiro atoms. The second kappa shape index (κ2) is 6.87. The van der Waals surface area contributed by atoms with E-state index in [0.29, 0.717) is 11.1 Å². The third-order valence-electron chi connectivity index (χ3n) is 2.74. The van der Waals surface area contributed by atoms with Crippen LogP contribution in [0, 0.1) is 6.92 Å². The third-order valence-corrected chi connectivity index (χ3v) is 4.62. The van der Waals surface area contributed by atoms with E-state index in [-0.39, 0.29) is 11.7 Å². The van der Waals surface area contributed by atoms with Crippen LogP contribution in [0.4, 0.5) is 0 Å². The molecule has 6 heteroatoms. The molecule has 0 atom stereocenters. The van der Waals surface area contributed by atoms with Gasteiger partial charge in [-0.05, 0) is 74.7 Å². The zero-order valence-electron chi connectivity index (χ0n) is 11.1. The van der Waals surface area contributed by atoms with Gasteiger partial charge in [0.2, 0.25) is 0 Å². The molecule has 2 aromatic rings. The lowest BCUT2D eigenvalue weighted by atomic mass is 10.1. The van der Waals surface area contributed by atoms with Crippen molar-refractivity contribution < 1.29 is 9.90 Å². The molecule has 108 valence electrons. The molecule has 2 rings (SSSR count). The minimum absolute atomic E-state index is 0.124. The summed E-state index contributed by atoms with van der Waals surface area (Å²) in [5.74, 6) is -0.203. The number of aromatic hydroxyl groups is 1. The summed E-state index contributed by atoms with van der Waals surface area (Å²) in [6.45, 7) is 1.88. The lowest BCUT2D eigenvalue weighted by Crippen LogP contribution is -2.17. The molecule has 0 unspecified atom stereocenters. The highest BCUT2D eigenvalue weighted by molar-refractivity contribution is 9.13. The molecule has 1 amide bonds. The summed E-state index contributed by atoms with van der Waals surface area (Å²) in [7, 11) is 0. The van der Waals surface area contributed by atoms with Crippen molar-refractivity contribution in [2.45, 2.75) is 6.92 Å². The average molecular weight is 412 g/mol. The number of hydrogen-bond donors (Lipinski definition) is 2. The van der Waals surface area contributed by atoms with Crippen molar-refractivity contribution in [3.8, 4) is 5.75 Å². The van der Waals surface area contributed by atoms with Crippen molar-refractivity contribution in [2.75, 3.05) is 0 Å². The van der Waals surface area contributed by atoms with E-state index in [1.807, 2.05) is 13.0 Å². The number of hydrazone groups is 1. The maximum absolute atomic E-state index is 11.9. The highest BCUT2D eigenvalue weighted by atomic mass is 79.9. The van der Waals surface area contributed by atoms with Crippen molar-refractivity contribution in [3.05, 3.63) is 62.0 Å². The predicted octanol–water partition coefficient (Wildman–Crippen LogP) is 3.99. The first kappa shape index (κ1) is 15.7. The predicted molar refractivity (Wildman–Crippen MR) is 89.7 cm³/mol. The first-order valence-electron chi connectivity index (χ1n) is 6.05. The molecule has 0 aromatic heterocycles. The van der Waals surface area contributed by atoms with E-state index in [1.54, 1.807) is 30.3 Å². The fraction of sp³-hybridized carbons (Fsp3) is 0.0667. The highest BCUT2D eigenvalue weighted by Crippen LogP contribution is 2.23. The number of rotatable bonds is 3. The fourth-order valence-electron chi connectivity index (χ4n) is 1.63. The van der Waals surface area contributed by atoms with Crippen LogP contribution < -0.4 is 5.43 Å². The minimum atomic E-state index is -0.328. The molecule has 2 aromatic carbocycles. The van der Waals surface area contributed by atoms with Gasteiger partial charge >= 0.3 is 0 Å². The van der Waals surface area contributed by atoms with E-state index >= 15 is 0 Å². The van der Waals surface area contributed by atoms with Crippen LogP contribution in [0.3, 0.4) is 0 Å². The maximum atomic E-state index is 11.9. The lowest BCUT2D eigenvalue weighted by molar-refractivity contribution is 0.0955. The number of benzene rings is 2. The molecule has 0 aliphatic heterocycles. The minimum Gasteiger partial charge on any atom is -0.507 e. The molecule has 0 radical (unpaired) electrons. The summed E-state index contributed by atoms with van der Waals surface area (Å²) >= 11 is 6.68. The lowest BCUT2D eigenvalue weighted by Gasteiger charge is -2.03. The van der Waals surface area contributed by atoms with Crippen molar-refractivity contribution in [1.82, 2.24) is 5.43 Å². The van der Waals surface area contributed by atoms with Gasteiger partial charge in [-0.3, -0.25) is 4.79 Å². The molecule has 0 aliphatic carbocycles. The van der Waals surface area contributed by atoms with Crippen LogP contribution in [0.2, 0.25) is 0 Å². The Morgan fingerprint density at radius 3 is 2.62 bits per heavy atom. The monoisotopic (exact) mass is 410 g/mol. The molecule has 0 bridgehead atoms. The first-order valence-corrected chi connectivity index (χ1v) is 7.64. The maximum Gasteiger partial charge on any atom is 0.271 e. The van der Waals surface area contributed by atoms with Gasteiger partial charge in [-0.25, -0.2) is 5.43 Å². The van der Waals surface area contributed by atoms with Gasteiger partial charge in [-0.15, -0.1) is 0 Å². The zero-order chi connectivity index (χ0) is 15.4. The van der Waals surface area contributed by atoms with Gasteiger partial charge in [-0.2, -0.15) is 5.10 Å². The summed E-state index contributed by atoms with van der Waals surface area (Å²) in [5.41, 5.74) is 4.39. The largest absolute Gasteiger partial charge is 0.507 e. The van der Waals surface area contributed by atoms with Gasteiger partial charge in [0.15, 0.2) is 0 Å². The van der Waals surface area contributed by atoms with E-state index in [0.717, 1.165) is 14.5 Å². The van der Waals surface area contributed by atoms with Crippen LogP contribution in [-0.2, 0) is 0 Å². The van der Waals surface area contributed by atoms with Crippen LogP contribution in [0.25, 0.3) is 0 Å². The molecular formula is C15H12Br2N2O2. The van der Waals surface area contributed by atoms with Gasteiger partial charge in [0.25, 0.3) is 5.91 Å². The summed E-state index contributed by atoms with van der Waals surface area (Å²) < 4.78 is 1.66.